The molecule has 0 spiro atoms. The molecule has 0 aliphatic rings. The van der Waals surface area contributed by atoms with Gasteiger partial charge in [-0.15, -0.1) is 11.3 Å². The summed E-state index contributed by atoms with van der Waals surface area (Å²) in [7, 11) is 0. The Kier molecular flexibility index (Phi) is 6.67. The number of hydrogen-bond acceptors (Lipinski definition) is 6. The van der Waals surface area contributed by atoms with Gasteiger partial charge in [-0.3, -0.25) is 14.9 Å². The van der Waals surface area contributed by atoms with Gasteiger partial charge in [0.25, 0.3) is 11.8 Å². The second kappa shape index (κ2) is 9.80. The van der Waals surface area contributed by atoms with Crippen LogP contribution in [0.3, 0.4) is 0 Å². The van der Waals surface area contributed by atoms with Gasteiger partial charge in [0.1, 0.15) is 0 Å². The highest BCUT2D eigenvalue weighted by Gasteiger charge is 2.19. The first-order chi connectivity index (χ1) is 15.6. The molecule has 4 aromatic rings. The number of nitrogens with one attached hydrogen (secondary N) is 2. The molecule has 0 aliphatic carbocycles. The van der Waals surface area contributed by atoms with E-state index in [1.807, 2.05) is 42.7 Å². The number of carbonyl (C=O) groups excluding carboxylic acids is 2. The van der Waals surface area contributed by atoms with Gasteiger partial charge in [0.05, 0.1) is 27.2 Å². The highest BCUT2D eigenvalue weighted by molar-refractivity contribution is 7.18. The largest absolute Gasteiger partial charge is 0.459 e. The smallest absolute Gasteiger partial charge is 0.291 e. The zero-order valence-electron chi connectivity index (χ0n) is 17.9. The SMILES string of the molecule is CCOCCCn1c(NC(=O)c2sc(NC(=O)c3ccco3)cc2C)nc2ccccc21. The summed E-state index contributed by atoms with van der Waals surface area (Å²) >= 11 is 1.21. The van der Waals surface area contributed by atoms with Gasteiger partial charge in [-0.2, -0.15) is 0 Å². The van der Waals surface area contributed by atoms with Crippen molar-refractivity contribution in [3.8, 4) is 0 Å². The number of thiophene rings is 1. The third-order valence-electron chi connectivity index (χ3n) is 4.86. The maximum atomic E-state index is 13.1. The summed E-state index contributed by atoms with van der Waals surface area (Å²) < 4.78 is 12.6. The molecule has 0 saturated carbocycles. The Hall–Kier alpha value is -3.43. The molecule has 0 atom stereocenters. The number of amides is 2. The van der Waals surface area contributed by atoms with Crippen LogP contribution in [0.2, 0.25) is 0 Å². The summed E-state index contributed by atoms with van der Waals surface area (Å²) in [5, 5.41) is 6.28. The highest BCUT2D eigenvalue weighted by Crippen LogP contribution is 2.28. The van der Waals surface area contributed by atoms with Crippen LogP contribution in [-0.2, 0) is 11.3 Å². The predicted molar refractivity (Wildman–Crippen MR) is 125 cm³/mol. The summed E-state index contributed by atoms with van der Waals surface area (Å²) in [6.07, 6.45) is 2.24. The van der Waals surface area contributed by atoms with E-state index in [4.69, 9.17) is 9.15 Å². The minimum Gasteiger partial charge on any atom is -0.459 e. The second-order valence-electron chi connectivity index (χ2n) is 7.13. The van der Waals surface area contributed by atoms with Crippen molar-refractivity contribution in [3.63, 3.8) is 0 Å². The van der Waals surface area contributed by atoms with Crippen LogP contribution >= 0.6 is 11.3 Å². The maximum absolute atomic E-state index is 13.1. The number of aromatic nitrogens is 2. The number of para-hydroxylation sites is 2. The number of nitrogens with zero attached hydrogens (tertiary/aromatic N) is 2. The van der Waals surface area contributed by atoms with Crippen LogP contribution < -0.4 is 10.6 Å². The highest BCUT2D eigenvalue weighted by atomic mass is 32.1. The minimum absolute atomic E-state index is 0.211. The monoisotopic (exact) mass is 452 g/mol. The maximum Gasteiger partial charge on any atom is 0.291 e. The van der Waals surface area contributed by atoms with E-state index in [-0.39, 0.29) is 17.6 Å². The van der Waals surface area contributed by atoms with Crippen molar-refractivity contribution in [3.05, 3.63) is 64.9 Å². The van der Waals surface area contributed by atoms with Gasteiger partial charge in [-0.05, 0) is 56.2 Å². The van der Waals surface area contributed by atoms with E-state index in [0.29, 0.717) is 35.6 Å². The summed E-state index contributed by atoms with van der Waals surface area (Å²) in [6.45, 7) is 5.78. The molecule has 166 valence electrons. The Morgan fingerprint density at radius 1 is 1.16 bits per heavy atom. The van der Waals surface area contributed by atoms with Crippen LogP contribution in [0, 0.1) is 6.92 Å². The average Bonchev–Trinajstić information content (AvgIpc) is 3.51. The first-order valence-electron chi connectivity index (χ1n) is 10.4. The standard InChI is InChI=1S/C23H24N4O4S/c1-3-30-12-7-11-27-17-9-5-4-8-16(17)24-23(27)26-22(29)20-15(2)14-19(32-20)25-21(28)18-10-6-13-31-18/h4-6,8-10,13-14H,3,7,11-12H2,1-2H3,(H,25,28)(H,24,26,29). The molecule has 4 rings (SSSR count). The van der Waals surface area contributed by atoms with Gasteiger partial charge in [0.2, 0.25) is 5.95 Å². The number of anilines is 2. The van der Waals surface area contributed by atoms with E-state index in [9.17, 15) is 9.59 Å². The molecule has 2 N–H and O–H groups in total. The number of rotatable bonds is 9. The summed E-state index contributed by atoms with van der Waals surface area (Å²) in [5.41, 5.74) is 2.53. The van der Waals surface area contributed by atoms with Crippen molar-refractivity contribution in [2.75, 3.05) is 23.8 Å². The van der Waals surface area contributed by atoms with Gasteiger partial charge in [0.15, 0.2) is 5.76 Å². The lowest BCUT2D eigenvalue weighted by Gasteiger charge is -2.10. The molecular formula is C23H24N4O4S. The Morgan fingerprint density at radius 2 is 2.00 bits per heavy atom. The molecule has 3 aromatic heterocycles. The molecule has 2 amide bonds. The number of hydrogen-bond donors (Lipinski definition) is 2. The Balaban J connectivity index is 1.52. The van der Waals surface area contributed by atoms with E-state index >= 15 is 0 Å². The lowest BCUT2D eigenvalue weighted by atomic mass is 10.3. The van der Waals surface area contributed by atoms with Crippen LogP contribution in [-0.4, -0.2) is 34.6 Å². The fourth-order valence-corrected chi connectivity index (χ4v) is 4.34. The minimum atomic E-state index is -0.362. The first-order valence-corrected chi connectivity index (χ1v) is 11.2. The quantitative estimate of drug-likeness (QED) is 0.351. The van der Waals surface area contributed by atoms with Gasteiger partial charge < -0.3 is 19.0 Å². The number of furan rings is 1. The molecule has 0 radical (unpaired) electrons. The first kappa shape index (κ1) is 21.8. The van der Waals surface area contributed by atoms with Crippen LogP contribution in [0.4, 0.5) is 10.9 Å². The van der Waals surface area contributed by atoms with Gasteiger partial charge in [-0.25, -0.2) is 4.98 Å². The van der Waals surface area contributed by atoms with Crippen molar-refractivity contribution < 1.29 is 18.7 Å². The topological polar surface area (TPSA) is 98.4 Å². The zero-order valence-corrected chi connectivity index (χ0v) is 18.7. The van der Waals surface area contributed by atoms with Crippen molar-refractivity contribution in [2.24, 2.45) is 0 Å². The number of imidazole rings is 1. The van der Waals surface area contributed by atoms with E-state index in [2.05, 4.69) is 15.6 Å². The molecule has 0 fully saturated rings. The molecule has 9 heteroatoms. The fraction of sp³-hybridized carbons (Fsp3) is 0.261. The third kappa shape index (κ3) is 4.74. The van der Waals surface area contributed by atoms with E-state index in [1.54, 1.807) is 18.2 Å². The van der Waals surface area contributed by atoms with Gasteiger partial charge in [-0.1, -0.05) is 12.1 Å². The molecule has 32 heavy (non-hydrogen) atoms. The summed E-state index contributed by atoms with van der Waals surface area (Å²) in [6, 6.07) is 12.8. The van der Waals surface area contributed by atoms with Crippen LogP contribution in [0.25, 0.3) is 11.0 Å². The molecule has 0 unspecified atom stereocenters. The lowest BCUT2D eigenvalue weighted by Crippen LogP contribution is -2.16. The van der Waals surface area contributed by atoms with Crippen LogP contribution in [0.1, 0.15) is 39.1 Å². The molecule has 0 aliphatic heterocycles. The van der Waals surface area contributed by atoms with Crippen molar-refractivity contribution in [1.29, 1.82) is 0 Å². The van der Waals surface area contributed by atoms with Crippen molar-refractivity contribution in [1.82, 2.24) is 9.55 Å². The van der Waals surface area contributed by atoms with E-state index in [1.165, 1.54) is 17.6 Å². The predicted octanol–water partition coefficient (Wildman–Crippen LogP) is 4.93. The lowest BCUT2D eigenvalue weighted by molar-refractivity contribution is 0.0994. The van der Waals surface area contributed by atoms with Crippen LogP contribution in [0.5, 0.6) is 0 Å². The Labute approximate surface area is 189 Å². The van der Waals surface area contributed by atoms with Gasteiger partial charge in [0, 0.05) is 19.8 Å². The third-order valence-corrected chi connectivity index (χ3v) is 6.01. The molecule has 1 aromatic carbocycles. The normalized spacial score (nSPS) is 11.1. The van der Waals surface area contributed by atoms with E-state index < -0.39 is 0 Å². The number of carbonyl (C=O) groups is 2. The molecule has 3 heterocycles. The Morgan fingerprint density at radius 3 is 2.78 bits per heavy atom. The van der Waals surface area contributed by atoms with Crippen LogP contribution in [0.15, 0.2) is 53.1 Å². The Bertz CT molecular complexity index is 1230. The number of benzene rings is 1. The number of aryl methyl sites for hydroxylation is 2. The summed E-state index contributed by atoms with van der Waals surface area (Å²) in [5.74, 6) is 0.0659. The van der Waals surface area contributed by atoms with Crippen molar-refractivity contribution in [2.45, 2.75) is 26.8 Å². The average molecular weight is 453 g/mol. The molecular weight excluding hydrogens is 428 g/mol. The second-order valence-corrected chi connectivity index (χ2v) is 8.19. The summed E-state index contributed by atoms with van der Waals surface area (Å²) in [4.78, 5) is 30.4. The molecule has 0 bridgehead atoms. The molecule has 0 saturated heterocycles. The van der Waals surface area contributed by atoms with Gasteiger partial charge >= 0.3 is 0 Å². The number of fused-ring (bicyclic) bond motifs is 1. The fourth-order valence-electron chi connectivity index (χ4n) is 3.38. The zero-order chi connectivity index (χ0) is 22.5. The number of ether oxygens (including phenoxy) is 1. The van der Waals surface area contributed by atoms with Crippen molar-refractivity contribution >= 4 is 45.1 Å². The molecule has 8 nitrogen and oxygen atoms in total. The van der Waals surface area contributed by atoms with E-state index in [0.717, 1.165) is 23.0 Å².